The first-order valence-electron chi connectivity index (χ1n) is 17.2. The molecule has 0 unspecified atom stereocenters. The zero-order valence-electron chi connectivity index (χ0n) is 29.5. The fourth-order valence-electron chi connectivity index (χ4n) is 5.61. The Kier molecular flexibility index (Phi) is 18.2. The van der Waals surface area contributed by atoms with Gasteiger partial charge < -0.3 is 31.1 Å². The monoisotopic (exact) mass is 738 g/mol. The normalized spacial score (nSPS) is 13.1. The minimum Gasteiger partial charge on any atom is -0.508 e. The van der Waals surface area contributed by atoms with Crippen LogP contribution in [0.1, 0.15) is 75.8 Å². The molecule has 2 rings (SSSR count). The summed E-state index contributed by atoms with van der Waals surface area (Å²) in [6.07, 6.45) is -3.08. The van der Waals surface area contributed by atoms with E-state index in [1.54, 1.807) is 42.5 Å². The number of benzene rings is 2. The lowest BCUT2D eigenvalue weighted by Crippen LogP contribution is -2.47. The van der Waals surface area contributed by atoms with Crippen molar-refractivity contribution in [3.05, 3.63) is 65.7 Å². The van der Waals surface area contributed by atoms with Crippen molar-refractivity contribution in [2.24, 2.45) is 17.8 Å². The summed E-state index contributed by atoms with van der Waals surface area (Å²) in [5.74, 6) is -10.3. The zero-order valence-corrected chi connectivity index (χ0v) is 29.5. The molecule has 4 atom stereocenters. The minimum absolute atomic E-state index is 0.0218. The van der Waals surface area contributed by atoms with Crippen LogP contribution >= 0.6 is 0 Å². The van der Waals surface area contributed by atoms with E-state index in [2.05, 4.69) is 10.6 Å². The number of carboxylic acid groups (broad SMARTS) is 3. The van der Waals surface area contributed by atoms with Crippen LogP contribution < -0.4 is 10.6 Å². The summed E-state index contributed by atoms with van der Waals surface area (Å²) >= 11 is 0. The van der Waals surface area contributed by atoms with Crippen LogP contribution in [0.25, 0.3) is 0 Å². The Morgan fingerprint density at radius 3 is 1.70 bits per heavy atom. The summed E-state index contributed by atoms with van der Waals surface area (Å²) in [6, 6.07) is 13.4. The number of hydrogen-bond donors (Lipinski definition) is 6. The van der Waals surface area contributed by atoms with E-state index in [0.29, 0.717) is 11.1 Å². The fourth-order valence-corrected chi connectivity index (χ4v) is 5.61. The highest BCUT2D eigenvalue weighted by Crippen LogP contribution is 2.20. The average molecular weight is 739 g/mol. The average Bonchev–Trinajstić information content (AvgIpc) is 3.10. The molecule has 0 bridgehead atoms. The van der Waals surface area contributed by atoms with Gasteiger partial charge in [-0.05, 0) is 55.9 Å². The number of amides is 2. The maximum atomic E-state index is 13.9. The lowest BCUT2D eigenvalue weighted by molar-refractivity contribution is -0.139. The highest BCUT2D eigenvalue weighted by Gasteiger charge is 2.31. The van der Waals surface area contributed by atoms with Gasteiger partial charge in [0.15, 0.2) is 11.6 Å². The molecular formula is C38H46N2O13. The second-order valence-corrected chi connectivity index (χ2v) is 13.0. The second-order valence-electron chi connectivity index (χ2n) is 13.0. The van der Waals surface area contributed by atoms with Crippen LogP contribution in [0.2, 0.25) is 0 Å². The van der Waals surface area contributed by atoms with E-state index in [1.165, 1.54) is 19.1 Å². The molecule has 15 nitrogen and oxygen atoms in total. The molecule has 2 amide bonds. The Hall–Kier alpha value is -5.73. The van der Waals surface area contributed by atoms with E-state index in [0.717, 1.165) is 0 Å². The molecule has 0 saturated carbocycles. The molecule has 0 spiro atoms. The molecule has 0 aromatic heterocycles. The number of aliphatic carboxylic acids is 3. The number of phenols is 1. The van der Waals surface area contributed by atoms with Gasteiger partial charge in [0.05, 0.1) is 19.0 Å². The van der Waals surface area contributed by atoms with Crippen LogP contribution in [0.5, 0.6) is 5.75 Å². The lowest BCUT2D eigenvalue weighted by atomic mass is 9.88. The van der Waals surface area contributed by atoms with Gasteiger partial charge in [0.1, 0.15) is 17.3 Å². The number of ketones is 4. The molecule has 2 aromatic carbocycles. The molecule has 0 radical (unpaired) electrons. The van der Waals surface area contributed by atoms with Crippen molar-refractivity contribution in [1.82, 2.24) is 10.6 Å². The number of nitrogens with one attached hydrogen (secondary N) is 2. The molecule has 0 saturated heterocycles. The van der Waals surface area contributed by atoms with Crippen LogP contribution in [0.3, 0.4) is 0 Å². The molecule has 2 aromatic rings. The number of carbonyl (C=O) groups excluding carboxylic acids is 6. The molecule has 0 aliphatic rings. The van der Waals surface area contributed by atoms with Gasteiger partial charge >= 0.3 is 17.9 Å². The van der Waals surface area contributed by atoms with Crippen molar-refractivity contribution in [3.8, 4) is 5.75 Å². The number of hydrogen-bond acceptors (Lipinski definition) is 10. The van der Waals surface area contributed by atoms with Gasteiger partial charge in [0.25, 0.3) is 0 Å². The summed E-state index contributed by atoms with van der Waals surface area (Å²) < 4.78 is 0. The third-order valence-corrected chi connectivity index (χ3v) is 8.61. The number of aromatic hydroxyl groups is 1. The van der Waals surface area contributed by atoms with Crippen LogP contribution in [-0.4, -0.2) is 85.9 Å². The van der Waals surface area contributed by atoms with E-state index in [1.807, 2.05) is 0 Å². The van der Waals surface area contributed by atoms with Crippen molar-refractivity contribution in [2.45, 2.75) is 83.6 Å². The number of carboxylic acids is 3. The topological polar surface area (TPSA) is 259 Å². The third kappa shape index (κ3) is 17.4. The number of Topliss-reactive ketones (excluding diaryl/α,β-unsaturated/α-hetero) is 4. The van der Waals surface area contributed by atoms with Crippen molar-refractivity contribution in [2.75, 3.05) is 6.54 Å². The first-order valence-corrected chi connectivity index (χ1v) is 17.2. The van der Waals surface area contributed by atoms with Crippen LogP contribution in [-0.2, 0) is 56.0 Å². The third-order valence-electron chi connectivity index (χ3n) is 8.61. The van der Waals surface area contributed by atoms with E-state index in [9.17, 15) is 48.3 Å². The highest BCUT2D eigenvalue weighted by molar-refractivity contribution is 5.95. The van der Waals surface area contributed by atoms with Crippen molar-refractivity contribution in [1.29, 1.82) is 0 Å². The largest absolute Gasteiger partial charge is 0.508 e. The van der Waals surface area contributed by atoms with Crippen molar-refractivity contribution < 1.29 is 63.6 Å². The van der Waals surface area contributed by atoms with Gasteiger partial charge in [0, 0.05) is 56.3 Å². The van der Waals surface area contributed by atoms with Crippen molar-refractivity contribution in [3.63, 3.8) is 0 Å². The van der Waals surface area contributed by atoms with E-state index in [4.69, 9.17) is 15.3 Å². The maximum absolute atomic E-state index is 13.9. The van der Waals surface area contributed by atoms with E-state index < -0.39 is 103 Å². The molecule has 0 aliphatic carbocycles. The summed E-state index contributed by atoms with van der Waals surface area (Å²) in [5.41, 5.74) is 1.24. The first kappa shape index (κ1) is 43.4. The Morgan fingerprint density at radius 1 is 0.585 bits per heavy atom. The number of carbonyl (C=O) groups is 9. The molecule has 15 heteroatoms. The summed E-state index contributed by atoms with van der Waals surface area (Å²) in [5, 5.41) is 41.9. The van der Waals surface area contributed by atoms with Crippen molar-refractivity contribution >= 4 is 52.9 Å². The standard InChI is InChI=1S/C38H46N2O13/c1-23(41)26(9-14-34(46)47)21-33(45)32(18-24-5-3-2-4-6-24)40-38(53)28(17-25-7-11-29(42)12-8-25)20-31(44)22-39-37(52)27(10-15-35(48)49)19-30(43)13-16-36(50)51/h2-8,11-12,26-28,32,42H,9-10,13-22H2,1H3,(H,39,52)(H,40,53)(H,46,47)(H,48,49)(H,50,51)/t26-,27-,28-,32+/m1/s1. The molecule has 53 heavy (non-hydrogen) atoms. The zero-order chi connectivity index (χ0) is 39.5. The Bertz CT molecular complexity index is 1620. The van der Waals surface area contributed by atoms with Gasteiger partial charge in [-0.15, -0.1) is 0 Å². The quantitative estimate of drug-likeness (QED) is 0.0812. The Morgan fingerprint density at radius 2 is 1.13 bits per heavy atom. The molecular weight excluding hydrogens is 692 g/mol. The Labute approximate surface area is 306 Å². The van der Waals surface area contributed by atoms with Gasteiger partial charge in [-0.1, -0.05) is 42.5 Å². The maximum Gasteiger partial charge on any atom is 0.303 e. The summed E-state index contributed by atoms with van der Waals surface area (Å²) in [7, 11) is 0. The van der Waals surface area contributed by atoms with E-state index in [-0.39, 0.29) is 56.5 Å². The smallest absolute Gasteiger partial charge is 0.303 e. The highest BCUT2D eigenvalue weighted by atomic mass is 16.4. The second kappa shape index (κ2) is 22.3. The molecule has 0 fully saturated rings. The molecule has 6 N–H and O–H groups in total. The van der Waals surface area contributed by atoms with Crippen LogP contribution in [0.4, 0.5) is 0 Å². The predicted molar refractivity (Wildman–Crippen MR) is 188 cm³/mol. The summed E-state index contributed by atoms with van der Waals surface area (Å²) in [6.45, 7) is 0.676. The molecule has 0 heterocycles. The summed E-state index contributed by atoms with van der Waals surface area (Å²) in [4.78, 5) is 111. The predicted octanol–water partition coefficient (Wildman–Crippen LogP) is 2.69. The van der Waals surface area contributed by atoms with Gasteiger partial charge in [-0.3, -0.25) is 43.2 Å². The Balaban J connectivity index is 2.27. The van der Waals surface area contributed by atoms with Crippen LogP contribution in [0, 0.1) is 17.8 Å². The minimum atomic E-state index is -1.22. The van der Waals surface area contributed by atoms with Crippen LogP contribution in [0.15, 0.2) is 54.6 Å². The van der Waals surface area contributed by atoms with Gasteiger partial charge in [-0.2, -0.15) is 0 Å². The fraction of sp³-hybridized carbons (Fsp3) is 0.447. The first-order chi connectivity index (χ1) is 25.0. The number of rotatable bonds is 26. The SMILES string of the molecule is CC(=O)[C@H](CCC(=O)O)CC(=O)[C@H](Cc1ccccc1)NC(=O)[C@@H](CC(=O)CNC(=O)[C@H](CCC(=O)O)CC(=O)CCC(=O)O)Cc1ccc(O)cc1. The van der Waals surface area contributed by atoms with Gasteiger partial charge in [-0.25, -0.2) is 0 Å². The van der Waals surface area contributed by atoms with Gasteiger partial charge in [0.2, 0.25) is 11.8 Å². The number of phenolic OH excluding ortho intramolecular Hbond substituents is 1. The van der Waals surface area contributed by atoms with E-state index >= 15 is 0 Å². The lowest BCUT2D eigenvalue weighted by Gasteiger charge is -2.24. The molecule has 0 aliphatic heterocycles. The molecule has 286 valence electrons.